The molecular weight excluding hydrogens is 258 g/mol. The average Bonchev–Trinajstić information content (AvgIpc) is 2.79. The van der Waals surface area contributed by atoms with Gasteiger partial charge in [0.05, 0.1) is 5.01 Å². The van der Waals surface area contributed by atoms with Gasteiger partial charge in [-0.25, -0.2) is 14.6 Å². The van der Waals surface area contributed by atoms with Gasteiger partial charge >= 0.3 is 12.0 Å². The average molecular weight is 269 g/mol. The molecule has 1 aromatic heterocycles. The number of amides is 3. The largest absolute Gasteiger partial charge is 0.478 e. The summed E-state index contributed by atoms with van der Waals surface area (Å²) in [7, 11) is 0. The molecule has 0 saturated heterocycles. The van der Waals surface area contributed by atoms with Crippen LogP contribution in [-0.2, 0) is 16.0 Å². The first kappa shape index (κ1) is 13.8. The number of aromatic nitrogens is 1. The Bertz CT molecular complexity index is 456. The van der Waals surface area contributed by atoms with Crippen LogP contribution in [0.5, 0.6) is 0 Å². The Morgan fingerprint density at radius 1 is 1.39 bits per heavy atom. The monoisotopic (exact) mass is 269 g/mol. The number of carbonyl (C=O) groups is 3. The lowest BCUT2D eigenvalue weighted by Gasteiger charge is -2.03. The predicted molar refractivity (Wildman–Crippen MR) is 64.1 cm³/mol. The number of thiazole rings is 1. The molecule has 0 saturated carbocycles. The van der Waals surface area contributed by atoms with Crippen molar-refractivity contribution in [3.8, 4) is 0 Å². The summed E-state index contributed by atoms with van der Waals surface area (Å²) in [4.78, 5) is 36.3. The highest BCUT2D eigenvalue weighted by Crippen LogP contribution is 2.03. The Labute approximate surface area is 107 Å². The molecule has 96 valence electrons. The van der Waals surface area contributed by atoms with Crippen molar-refractivity contribution in [2.24, 2.45) is 0 Å². The van der Waals surface area contributed by atoms with Crippen molar-refractivity contribution in [2.75, 3.05) is 6.54 Å². The molecule has 8 heteroatoms. The Kier molecular flexibility index (Phi) is 5.52. The van der Waals surface area contributed by atoms with Crippen molar-refractivity contribution in [3.63, 3.8) is 0 Å². The summed E-state index contributed by atoms with van der Waals surface area (Å²) < 4.78 is 0. The number of carboxylic acid groups (broad SMARTS) is 1. The number of imide groups is 1. The zero-order valence-electron chi connectivity index (χ0n) is 9.25. The smallest absolute Gasteiger partial charge is 0.328 e. The van der Waals surface area contributed by atoms with Crippen LogP contribution in [0.2, 0.25) is 0 Å². The second-order valence-corrected chi connectivity index (χ2v) is 4.07. The molecule has 0 radical (unpaired) electrons. The molecule has 0 spiro atoms. The van der Waals surface area contributed by atoms with Crippen molar-refractivity contribution in [1.82, 2.24) is 15.6 Å². The first-order chi connectivity index (χ1) is 8.58. The molecule has 7 nitrogen and oxygen atoms in total. The summed E-state index contributed by atoms with van der Waals surface area (Å²) in [5.74, 6) is -2.04. The number of urea groups is 1. The maximum Gasteiger partial charge on any atom is 0.328 e. The molecule has 0 aromatic carbocycles. The summed E-state index contributed by atoms with van der Waals surface area (Å²) in [5, 5.41) is 15.4. The molecule has 0 atom stereocenters. The van der Waals surface area contributed by atoms with E-state index in [1.54, 1.807) is 6.20 Å². The molecule has 0 fully saturated rings. The maximum atomic E-state index is 11.2. The van der Waals surface area contributed by atoms with Gasteiger partial charge in [-0.05, 0) is 0 Å². The van der Waals surface area contributed by atoms with Gasteiger partial charge in [-0.15, -0.1) is 11.3 Å². The highest BCUT2D eigenvalue weighted by molar-refractivity contribution is 7.09. The molecule has 18 heavy (non-hydrogen) atoms. The summed E-state index contributed by atoms with van der Waals surface area (Å²) in [6.45, 7) is 0.343. The standard InChI is InChI=1S/C10H11N3O4S/c14-7(1-2-9(15)16)13-10(17)12-4-3-8-11-5-6-18-8/h1-2,5-6H,3-4H2,(H,15,16)(H2,12,13,14,17)/b2-1+. The fourth-order valence-corrected chi connectivity index (χ4v) is 1.62. The summed E-state index contributed by atoms with van der Waals surface area (Å²) in [6, 6.07) is -0.674. The number of nitrogens with one attached hydrogen (secondary N) is 2. The van der Waals surface area contributed by atoms with Gasteiger partial charge in [0.1, 0.15) is 0 Å². The van der Waals surface area contributed by atoms with Gasteiger partial charge in [0, 0.05) is 36.7 Å². The van der Waals surface area contributed by atoms with E-state index in [1.807, 2.05) is 10.7 Å². The van der Waals surface area contributed by atoms with E-state index < -0.39 is 17.9 Å². The number of carbonyl (C=O) groups excluding carboxylic acids is 2. The number of rotatable bonds is 5. The Morgan fingerprint density at radius 3 is 2.78 bits per heavy atom. The van der Waals surface area contributed by atoms with E-state index in [4.69, 9.17) is 5.11 Å². The predicted octanol–water partition coefficient (Wildman–Crippen LogP) is 0.152. The normalized spacial score (nSPS) is 10.2. The van der Waals surface area contributed by atoms with E-state index in [0.717, 1.165) is 11.1 Å². The van der Waals surface area contributed by atoms with Crippen molar-refractivity contribution in [2.45, 2.75) is 6.42 Å². The number of carboxylic acids is 1. The number of aliphatic carboxylic acids is 1. The molecular formula is C10H11N3O4S. The first-order valence-corrected chi connectivity index (χ1v) is 5.84. The van der Waals surface area contributed by atoms with Crippen molar-refractivity contribution >= 4 is 29.2 Å². The number of nitrogens with zero attached hydrogens (tertiary/aromatic N) is 1. The molecule has 3 N–H and O–H groups in total. The summed E-state index contributed by atoms with van der Waals surface area (Å²) in [6.07, 6.45) is 3.66. The van der Waals surface area contributed by atoms with Crippen molar-refractivity contribution < 1.29 is 19.5 Å². The molecule has 1 aromatic rings. The zero-order valence-corrected chi connectivity index (χ0v) is 10.1. The highest BCUT2D eigenvalue weighted by Gasteiger charge is 2.04. The van der Waals surface area contributed by atoms with Crippen LogP contribution in [0.3, 0.4) is 0 Å². The van der Waals surface area contributed by atoms with Crippen LogP contribution in [0.15, 0.2) is 23.7 Å². The Morgan fingerprint density at radius 2 is 2.17 bits per heavy atom. The lowest BCUT2D eigenvalue weighted by atomic mass is 10.4. The van der Waals surface area contributed by atoms with Crippen molar-refractivity contribution in [1.29, 1.82) is 0 Å². The van der Waals surface area contributed by atoms with Crippen LogP contribution in [-0.4, -0.2) is 34.5 Å². The minimum absolute atomic E-state index is 0.343. The molecule has 0 bridgehead atoms. The van der Waals surface area contributed by atoms with Gasteiger partial charge < -0.3 is 10.4 Å². The number of hydrogen-bond acceptors (Lipinski definition) is 5. The molecule has 1 heterocycles. The second-order valence-electron chi connectivity index (χ2n) is 3.09. The summed E-state index contributed by atoms with van der Waals surface area (Å²) in [5.41, 5.74) is 0. The van der Waals surface area contributed by atoms with E-state index in [2.05, 4.69) is 10.3 Å². The molecule has 0 aliphatic rings. The van der Waals surface area contributed by atoms with Crippen LogP contribution >= 0.6 is 11.3 Å². The fourth-order valence-electron chi connectivity index (χ4n) is 1.00. The van der Waals surface area contributed by atoms with Crippen LogP contribution in [0, 0.1) is 0 Å². The van der Waals surface area contributed by atoms with Crippen LogP contribution in [0.25, 0.3) is 0 Å². The quantitative estimate of drug-likeness (QED) is 0.659. The maximum absolute atomic E-state index is 11.2. The SMILES string of the molecule is O=C(O)/C=C/C(=O)NC(=O)NCCc1nccs1. The Hall–Kier alpha value is -2.22. The van der Waals surface area contributed by atoms with Crippen LogP contribution < -0.4 is 10.6 Å². The zero-order chi connectivity index (χ0) is 13.4. The summed E-state index contributed by atoms with van der Waals surface area (Å²) >= 11 is 1.47. The minimum Gasteiger partial charge on any atom is -0.478 e. The van der Waals surface area contributed by atoms with E-state index in [1.165, 1.54) is 11.3 Å². The van der Waals surface area contributed by atoms with Gasteiger partial charge in [0.25, 0.3) is 5.91 Å². The fraction of sp³-hybridized carbons (Fsp3) is 0.200. The molecule has 0 aliphatic carbocycles. The van der Waals surface area contributed by atoms with E-state index in [9.17, 15) is 14.4 Å². The minimum atomic E-state index is -1.26. The lowest BCUT2D eigenvalue weighted by molar-refractivity contribution is -0.131. The van der Waals surface area contributed by atoms with E-state index >= 15 is 0 Å². The number of hydrogen-bond donors (Lipinski definition) is 3. The van der Waals surface area contributed by atoms with E-state index in [-0.39, 0.29) is 0 Å². The molecule has 0 aliphatic heterocycles. The lowest BCUT2D eigenvalue weighted by Crippen LogP contribution is -2.39. The third-order valence-corrected chi connectivity index (χ3v) is 2.56. The van der Waals surface area contributed by atoms with Crippen LogP contribution in [0.1, 0.15) is 5.01 Å². The van der Waals surface area contributed by atoms with Gasteiger partial charge in [0.15, 0.2) is 0 Å². The van der Waals surface area contributed by atoms with Gasteiger partial charge in [-0.1, -0.05) is 0 Å². The van der Waals surface area contributed by atoms with Gasteiger partial charge in [-0.3, -0.25) is 10.1 Å². The van der Waals surface area contributed by atoms with Gasteiger partial charge in [0.2, 0.25) is 0 Å². The molecule has 1 rings (SSSR count). The van der Waals surface area contributed by atoms with E-state index in [0.29, 0.717) is 19.0 Å². The molecule has 0 unspecified atom stereocenters. The van der Waals surface area contributed by atoms with Crippen LogP contribution in [0.4, 0.5) is 4.79 Å². The molecule has 3 amide bonds. The topological polar surface area (TPSA) is 108 Å². The highest BCUT2D eigenvalue weighted by atomic mass is 32.1. The second kappa shape index (κ2) is 7.17. The van der Waals surface area contributed by atoms with Gasteiger partial charge in [-0.2, -0.15) is 0 Å². The Balaban J connectivity index is 2.21. The third-order valence-electron chi connectivity index (χ3n) is 1.72. The third kappa shape index (κ3) is 5.75. The van der Waals surface area contributed by atoms with Crippen molar-refractivity contribution in [3.05, 3.63) is 28.7 Å². The first-order valence-electron chi connectivity index (χ1n) is 4.96.